The zero-order valence-electron chi connectivity index (χ0n) is 15.4. The first-order valence-electron chi connectivity index (χ1n) is 9.10. The fourth-order valence-corrected chi connectivity index (χ4v) is 2.81. The number of benzene rings is 2. The summed E-state index contributed by atoms with van der Waals surface area (Å²) in [6, 6.07) is 12.9. The van der Waals surface area contributed by atoms with Crippen LogP contribution in [0.1, 0.15) is 23.2 Å². The van der Waals surface area contributed by atoms with E-state index in [0.717, 1.165) is 25.2 Å². The molecule has 1 atom stereocenters. The molecule has 1 saturated heterocycles. The van der Waals surface area contributed by atoms with Crippen LogP contribution in [-0.4, -0.2) is 50.3 Å². The van der Waals surface area contributed by atoms with Gasteiger partial charge < -0.3 is 19.1 Å². The maximum atomic E-state index is 12.9. The van der Waals surface area contributed by atoms with E-state index in [9.17, 15) is 9.18 Å². The molecule has 0 radical (unpaired) electrons. The van der Waals surface area contributed by atoms with Crippen LogP contribution in [-0.2, 0) is 4.74 Å². The van der Waals surface area contributed by atoms with Gasteiger partial charge in [-0.1, -0.05) is 0 Å². The van der Waals surface area contributed by atoms with Gasteiger partial charge in [0, 0.05) is 19.2 Å². The number of carbonyl (C=O) groups is 1. The average Bonchev–Trinajstić information content (AvgIpc) is 3.21. The third kappa shape index (κ3) is 5.69. The van der Waals surface area contributed by atoms with E-state index in [-0.39, 0.29) is 17.8 Å². The lowest BCUT2D eigenvalue weighted by atomic mass is 10.2. The Labute approximate surface area is 158 Å². The highest BCUT2D eigenvalue weighted by Crippen LogP contribution is 2.17. The topological polar surface area (TPSA) is 48.0 Å². The predicted molar refractivity (Wildman–Crippen MR) is 99.8 cm³/mol. The number of hydrogen-bond donors (Lipinski definition) is 0. The molecular weight excluding hydrogens is 349 g/mol. The highest BCUT2D eigenvalue weighted by Gasteiger charge is 2.16. The Bertz CT molecular complexity index is 727. The van der Waals surface area contributed by atoms with Gasteiger partial charge in [-0.15, -0.1) is 0 Å². The Kier molecular flexibility index (Phi) is 6.65. The summed E-state index contributed by atoms with van der Waals surface area (Å²) >= 11 is 0. The molecule has 1 aliphatic rings. The Morgan fingerprint density at radius 1 is 1.11 bits per heavy atom. The normalized spacial score (nSPS) is 16.1. The second-order valence-electron chi connectivity index (χ2n) is 6.50. The van der Waals surface area contributed by atoms with Crippen LogP contribution in [0.15, 0.2) is 48.5 Å². The number of ether oxygens (including phenoxy) is 3. The summed E-state index contributed by atoms with van der Waals surface area (Å²) in [7, 11) is 1.72. The third-order valence-corrected chi connectivity index (χ3v) is 4.42. The summed E-state index contributed by atoms with van der Waals surface area (Å²) < 4.78 is 29.6. The molecule has 0 bridgehead atoms. The van der Waals surface area contributed by atoms with Crippen molar-refractivity contribution in [1.82, 2.24) is 4.90 Å². The molecule has 0 aliphatic carbocycles. The van der Waals surface area contributed by atoms with E-state index in [0.29, 0.717) is 31.1 Å². The number of rotatable bonds is 8. The van der Waals surface area contributed by atoms with Gasteiger partial charge in [0.1, 0.15) is 30.5 Å². The van der Waals surface area contributed by atoms with Gasteiger partial charge in [0.25, 0.3) is 5.91 Å². The number of hydrogen-bond acceptors (Lipinski definition) is 4. The molecule has 144 valence electrons. The molecule has 0 saturated carbocycles. The van der Waals surface area contributed by atoms with E-state index in [2.05, 4.69) is 0 Å². The molecule has 0 unspecified atom stereocenters. The first kappa shape index (κ1) is 19.2. The van der Waals surface area contributed by atoms with E-state index in [1.165, 1.54) is 12.1 Å². The minimum Gasteiger partial charge on any atom is -0.492 e. The lowest BCUT2D eigenvalue weighted by Gasteiger charge is -2.18. The van der Waals surface area contributed by atoms with Crippen LogP contribution in [0.5, 0.6) is 11.5 Å². The van der Waals surface area contributed by atoms with Crippen LogP contribution in [0, 0.1) is 5.82 Å². The highest BCUT2D eigenvalue weighted by molar-refractivity contribution is 5.94. The summed E-state index contributed by atoms with van der Waals surface area (Å²) in [6.07, 6.45) is 2.28. The number of likely N-dealkylation sites (N-methyl/N-ethyl adjacent to an activating group) is 1. The number of carbonyl (C=O) groups excluding carboxylic acids is 1. The first-order valence-corrected chi connectivity index (χ1v) is 9.10. The van der Waals surface area contributed by atoms with Crippen molar-refractivity contribution in [2.45, 2.75) is 18.9 Å². The molecule has 0 aromatic heterocycles. The van der Waals surface area contributed by atoms with Crippen molar-refractivity contribution in [3.8, 4) is 11.5 Å². The largest absolute Gasteiger partial charge is 0.492 e. The van der Waals surface area contributed by atoms with Crippen LogP contribution in [0.3, 0.4) is 0 Å². The van der Waals surface area contributed by atoms with Crippen LogP contribution >= 0.6 is 0 Å². The second-order valence-corrected chi connectivity index (χ2v) is 6.50. The number of nitrogens with zero attached hydrogens (tertiary/aromatic N) is 1. The quantitative estimate of drug-likeness (QED) is 0.710. The molecule has 3 rings (SSSR count). The summed E-state index contributed by atoms with van der Waals surface area (Å²) in [4.78, 5) is 14.1. The Morgan fingerprint density at radius 3 is 2.44 bits per heavy atom. The fraction of sp³-hybridized carbons (Fsp3) is 0.381. The molecular formula is C21H24FNO4. The van der Waals surface area contributed by atoms with E-state index < -0.39 is 0 Å². The second kappa shape index (κ2) is 9.37. The van der Waals surface area contributed by atoms with Crippen molar-refractivity contribution in [2.24, 2.45) is 0 Å². The minimum absolute atomic E-state index is 0.0941. The Morgan fingerprint density at radius 2 is 1.78 bits per heavy atom. The summed E-state index contributed by atoms with van der Waals surface area (Å²) in [5, 5.41) is 0. The SMILES string of the molecule is CN(CCOc1ccc(F)cc1)C(=O)c1ccc(OC[C@H]2CCCO2)cc1. The van der Waals surface area contributed by atoms with Crippen LogP contribution in [0.2, 0.25) is 0 Å². The van der Waals surface area contributed by atoms with Gasteiger partial charge in [-0.05, 0) is 61.4 Å². The molecule has 2 aromatic rings. The van der Waals surface area contributed by atoms with Crippen molar-refractivity contribution in [1.29, 1.82) is 0 Å². The molecule has 0 N–H and O–H groups in total. The monoisotopic (exact) mass is 373 g/mol. The molecule has 1 amide bonds. The van der Waals surface area contributed by atoms with Gasteiger partial charge >= 0.3 is 0 Å². The van der Waals surface area contributed by atoms with Crippen molar-refractivity contribution in [3.63, 3.8) is 0 Å². The van der Waals surface area contributed by atoms with E-state index >= 15 is 0 Å². The Hall–Kier alpha value is -2.60. The van der Waals surface area contributed by atoms with Crippen molar-refractivity contribution in [3.05, 3.63) is 59.9 Å². The van der Waals surface area contributed by atoms with Gasteiger partial charge in [-0.3, -0.25) is 4.79 Å². The predicted octanol–water partition coefficient (Wildman–Crippen LogP) is 3.53. The molecule has 5 nitrogen and oxygen atoms in total. The number of halogens is 1. The average molecular weight is 373 g/mol. The third-order valence-electron chi connectivity index (χ3n) is 4.42. The summed E-state index contributed by atoms with van der Waals surface area (Å²) in [5.41, 5.74) is 0.587. The van der Waals surface area contributed by atoms with Gasteiger partial charge in [0.05, 0.1) is 12.6 Å². The van der Waals surface area contributed by atoms with Crippen molar-refractivity contribution >= 4 is 5.91 Å². The van der Waals surface area contributed by atoms with Crippen LogP contribution in [0.25, 0.3) is 0 Å². The highest BCUT2D eigenvalue weighted by atomic mass is 19.1. The van der Waals surface area contributed by atoms with E-state index in [1.54, 1.807) is 48.3 Å². The van der Waals surface area contributed by atoms with Gasteiger partial charge in [-0.25, -0.2) is 4.39 Å². The molecule has 1 heterocycles. The van der Waals surface area contributed by atoms with Gasteiger partial charge in [0.2, 0.25) is 0 Å². The molecule has 0 spiro atoms. The fourth-order valence-electron chi connectivity index (χ4n) is 2.81. The van der Waals surface area contributed by atoms with Crippen molar-refractivity contribution in [2.75, 3.05) is 33.4 Å². The van der Waals surface area contributed by atoms with E-state index in [4.69, 9.17) is 14.2 Å². The molecule has 6 heteroatoms. The zero-order valence-corrected chi connectivity index (χ0v) is 15.4. The summed E-state index contributed by atoms with van der Waals surface area (Å²) in [5.74, 6) is 0.899. The van der Waals surface area contributed by atoms with Crippen LogP contribution in [0.4, 0.5) is 4.39 Å². The van der Waals surface area contributed by atoms with Crippen LogP contribution < -0.4 is 9.47 Å². The zero-order chi connectivity index (χ0) is 19.1. The molecule has 1 aliphatic heterocycles. The standard InChI is InChI=1S/C21H24FNO4/c1-23(12-14-26-18-10-6-17(22)7-11-18)21(24)16-4-8-19(9-5-16)27-15-20-3-2-13-25-20/h4-11,20H,2-3,12-15H2,1H3/t20-/m1/s1. The molecule has 27 heavy (non-hydrogen) atoms. The molecule has 1 fully saturated rings. The first-order chi connectivity index (χ1) is 13.1. The number of amides is 1. The minimum atomic E-state index is -0.308. The van der Waals surface area contributed by atoms with Gasteiger partial charge in [-0.2, -0.15) is 0 Å². The molecule has 2 aromatic carbocycles. The summed E-state index contributed by atoms with van der Waals surface area (Å²) in [6.45, 7) is 2.09. The van der Waals surface area contributed by atoms with Gasteiger partial charge in [0.15, 0.2) is 0 Å². The Balaban J connectivity index is 1.43. The maximum Gasteiger partial charge on any atom is 0.253 e. The lowest BCUT2D eigenvalue weighted by molar-refractivity contribution is 0.0679. The van der Waals surface area contributed by atoms with E-state index in [1.807, 2.05) is 0 Å². The van der Waals surface area contributed by atoms with Crippen molar-refractivity contribution < 1.29 is 23.4 Å². The maximum absolute atomic E-state index is 12.9. The smallest absolute Gasteiger partial charge is 0.253 e. The lowest BCUT2D eigenvalue weighted by Crippen LogP contribution is -2.30.